The predicted octanol–water partition coefficient (Wildman–Crippen LogP) is 14.5. The Hall–Kier alpha value is -7.42. The highest BCUT2D eigenvalue weighted by Crippen LogP contribution is 2.42. The van der Waals surface area contributed by atoms with Gasteiger partial charge in [-0.15, -0.1) is 0 Å². The van der Waals surface area contributed by atoms with Crippen molar-refractivity contribution in [3.63, 3.8) is 0 Å². The molecular formula is C54H36N2. The van der Waals surface area contributed by atoms with Crippen LogP contribution in [-0.2, 0) is 0 Å². The molecule has 9 aromatic carbocycles. The van der Waals surface area contributed by atoms with E-state index in [-0.39, 0.29) is 0 Å². The maximum absolute atomic E-state index is 2.49. The Bertz CT molecular complexity index is 3170. The molecule has 0 bridgehead atoms. The molecule has 11 aromatic rings. The van der Waals surface area contributed by atoms with E-state index in [1.165, 1.54) is 88.1 Å². The monoisotopic (exact) mass is 712 g/mol. The molecule has 0 amide bonds. The minimum atomic E-state index is 1.14. The predicted molar refractivity (Wildman–Crippen MR) is 237 cm³/mol. The largest absolute Gasteiger partial charge is 0.309 e. The fourth-order valence-electron chi connectivity index (χ4n) is 8.73. The summed E-state index contributed by atoms with van der Waals surface area (Å²) in [5.41, 5.74) is 16.7. The van der Waals surface area contributed by atoms with Crippen molar-refractivity contribution in [1.82, 2.24) is 9.13 Å². The van der Waals surface area contributed by atoms with E-state index in [2.05, 4.69) is 228 Å². The van der Waals surface area contributed by atoms with Gasteiger partial charge in [0.05, 0.1) is 22.1 Å². The van der Waals surface area contributed by atoms with Gasteiger partial charge in [-0.1, -0.05) is 164 Å². The third kappa shape index (κ3) is 5.26. The van der Waals surface area contributed by atoms with Crippen molar-refractivity contribution in [2.45, 2.75) is 0 Å². The summed E-state index contributed by atoms with van der Waals surface area (Å²) in [6.07, 6.45) is 0. The first kappa shape index (κ1) is 32.0. The highest BCUT2D eigenvalue weighted by molar-refractivity contribution is 6.16. The van der Waals surface area contributed by atoms with Gasteiger partial charge < -0.3 is 9.13 Å². The second-order valence-corrected chi connectivity index (χ2v) is 14.6. The van der Waals surface area contributed by atoms with Gasteiger partial charge in [0.2, 0.25) is 0 Å². The lowest BCUT2D eigenvalue weighted by Gasteiger charge is -2.16. The van der Waals surface area contributed by atoms with Crippen LogP contribution in [0, 0.1) is 0 Å². The number of nitrogens with zero attached hydrogens (tertiary/aromatic N) is 2. The number of rotatable bonds is 6. The van der Waals surface area contributed by atoms with Crippen molar-refractivity contribution in [2.75, 3.05) is 0 Å². The minimum absolute atomic E-state index is 1.14. The Kier molecular flexibility index (Phi) is 7.53. The van der Waals surface area contributed by atoms with Crippen molar-refractivity contribution in [3.8, 4) is 55.9 Å². The molecule has 2 nitrogen and oxygen atoms in total. The highest BCUT2D eigenvalue weighted by Gasteiger charge is 2.20. The SMILES string of the molecule is c1ccc(-c2cccc(-n3c4ccccc4c4cc(-c5cccc6c7ccccc7n(-c7cc(-c8ccccc8)cc(-c8ccccc8)c7)c56)ccc43)c2)cc1. The summed E-state index contributed by atoms with van der Waals surface area (Å²) in [4.78, 5) is 0. The molecule has 0 saturated heterocycles. The number of hydrogen-bond donors (Lipinski definition) is 0. The van der Waals surface area contributed by atoms with Crippen molar-refractivity contribution in [1.29, 1.82) is 0 Å². The van der Waals surface area contributed by atoms with Gasteiger partial charge in [-0.2, -0.15) is 0 Å². The van der Waals surface area contributed by atoms with Gasteiger partial charge in [-0.25, -0.2) is 0 Å². The van der Waals surface area contributed by atoms with Crippen LogP contribution in [0.25, 0.3) is 99.5 Å². The summed E-state index contributed by atoms with van der Waals surface area (Å²) in [5.74, 6) is 0. The summed E-state index contributed by atoms with van der Waals surface area (Å²) in [5, 5.41) is 4.96. The Morgan fingerprint density at radius 1 is 0.232 bits per heavy atom. The molecule has 0 fully saturated rings. The zero-order chi connectivity index (χ0) is 37.0. The number of hydrogen-bond acceptors (Lipinski definition) is 0. The third-order valence-corrected chi connectivity index (χ3v) is 11.3. The van der Waals surface area contributed by atoms with E-state index >= 15 is 0 Å². The van der Waals surface area contributed by atoms with E-state index in [0.717, 1.165) is 11.4 Å². The van der Waals surface area contributed by atoms with Crippen LogP contribution in [0.3, 0.4) is 0 Å². The van der Waals surface area contributed by atoms with Gasteiger partial charge in [0, 0.05) is 38.5 Å². The third-order valence-electron chi connectivity index (χ3n) is 11.3. The first-order chi connectivity index (χ1) is 27.8. The Morgan fingerprint density at radius 2 is 0.714 bits per heavy atom. The maximum atomic E-state index is 2.49. The van der Waals surface area contributed by atoms with Crippen LogP contribution in [0.5, 0.6) is 0 Å². The normalized spacial score (nSPS) is 11.6. The molecule has 0 N–H and O–H groups in total. The first-order valence-corrected chi connectivity index (χ1v) is 19.3. The van der Waals surface area contributed by atoms with Crippen molar-refractivity contribution >= 4 is 43.6 Å². The van der Waals surface area contributed by atoms with Gasteiger partial charge >= 0.3 is 0 Å². The van der Waals surface area contributed by atoms with E-state index in [1.807, 2.05) is 0 Å². The summed E-state index contributed by atoms with van der Waals surface area (Å²) in [7, 11) is 0. The molecule has 0 unspecified atom stereocenters. The molecule has 0 spiro atoms. The van der Waals surface area contributed by atoms with Crippen molar-refractivity contribution < 1.29 is 0 Å². The number of fused-ring (bicyclic) bond motifs is 6. The maximum Gasteiger partial charge on any atom is 0.0619 e. The molecule has 0 atom stereocenters. The fraction of sp³-hybridized carbons (Fsp3) is 0. The second-order valence-electron chi connectivity index (χ2n) is 14.6. The van der Waals surface area contributed by atoms with Gasteiger partial charge in [0.1, 0.15) is 0 Å². The molecule has 2 aromatic heterocycles. The van der Waals surface area contributed by atoms with E-state index in [9.17, 15) is 0 Å². The lowest BCUT2D eigenvalue weighted by Crippen LogP contribution is -1.97. The van der Waals surface area contributed by atoms with Crippen molar-refractivity contribution in [3.05, 3.63) is 218 Å². The molecule has 56 heavy (non-hydrogen) atoms. The molecule has 0 saturated carbocycles. The van der Waals surface area contributed by atoms with E-state index in [1.54, 1.807) is 0 Å². The topological polar surface area (TPSA) is 9.86 Å². The molecule has 262 valence electrons. The fourth-order valence-corrected chi connectivity index (χ4v) is 8.73. The summed E-state index contributed by atoms with van der Waals surface area (Å²) < 4.78 is 4.90. The number of benzene rings is 9. The van der Waals surface area contributed by atoms with E-state index in [0.29, 0.717) is 0 Å². The minimum Gasteiger partial charge on any atom is -0.309 e. The molecular weight excluding hydrogens is 677 g/mol. The van der Waals surface area contributed by atoms with E-state index in [4.69, 9.17) is 0 Å². The second kappa shape index (κ2) is 13.2. The molecule has 0 aliphatic rings. The molecule has 0 aliphatic carbocycles. The number of para-hydroxylation sites is 3. The standard InChI is InChI=1S/C54H36N2/c1-4-16-37(17-5-1)40-22-14-23-44(33-40)55-51-28-12-11-25-48(51)50-36-41(30-31-53(50)55)46-26-15-27-49-47-24-10-13-29-52(47)56(54(46)49)45-34-42(38-18-6-2-7-19-38)32-43(35-45)39-20-8-3-9-21-39/h1-36H. The van der Waals surface area contributed by atoms with Crippen LogP contribution in [0.1, 0.15) is 0 Å². The van der Waals surface area contributed by atoms with Gasteiger partial charge in [0.25, 0.3) is 0 Å². The molecule has 11 rings (SSSR count). The molecule has 2 heterocycles. The molecule has 0 aliphatic heterocycles. The zero-order valence-electron chi connectivity index (χ0n) is 30.7. The van der Waals surface area contributed by atoms with Gasteiger partial charge in [0.15, 0.2) is 0 Å². The zero-order valence-corrected chi connectivity index (χ0v) is 30.7. The summed E-state index contributed by atoms with van der Waals surface area (Å²) in [6.45, 7) is 0. The number of aromatic nitrogens is 2. The highest BCUT2D eigenvalue weighted by atomic mass is 15.0. The van der Waals surface area contributed by atoms with Crippen LogP contribution in [0.2, 0.25) is 0 Å². The lowest BCUT2D eigenvalue weighted by molar-refractivity contribution is 1.18. The Morgan fingerprint density at radius 3 is 1.38 bits per heavy atom. The molecule has 0 radical (unpaired) electrons. The average molecular weight is 713 g/mol. The van der Waals surface area contributed by atoms with Crippen LogP contribution in [-0.4, -0.2) is 9.13 Å². The van der Waals surface area contributed by atoms with Crippen molar-refractivity contribution in [2.24, 2.45) is 0 Å². The Balaban J connectivity index is 1.15. The quantitative estimate of drug-likeness (QED) is 0.162. The summed E-state index contributed by atoms with van der Waals surface area (Å²) in [6, 6.07) is 79.5. The van der Waals surface area contributed by atoms with Crippen LogP contribution >= 0.6 is 0 Å². The lowest BCUT2D eigenvalue weighted by atomic mass is 9.97. The average Bonchev–Trinajstić information content (AvgIpc) is 3.80. The van der Waals surface area contributed by atoms with Crippen LogP contribution in [0.15, 0.2) is 218 Å². The summed E-state index contributed by atoms with van der Waals surface area (Å²) >= 11 is 0. The smallest absolute Gasteiger partial charge is 0.0619 e. The van der Waals surface area contributed by atoms with Crippen LogP contribution < -0.4 is 0 Å². The van der Waals surface area contributed by atoms with Crippen LogP contribution in [0.4, 0.5) is 0 Å². The first-order valence-electron chi connectivity index (χ1n) is 19.3. The Labute approximate surface area is 325 Å². The van der Waals surface area contributed by atoms with Gasteiger partial charge in [-0.3, -0.25) is 0 Å². The van der Waals surface area contributed by atoms with Gasteiger partial charge in [-0.05, 0) is 93.5 Å². The molecule has 2 heteroatoms. The van der Waals surface area contributed by atoms with E-state index < -0.39 is 0 Å².